The summed E-state index contributed by atoms with van der Waals surface area (Å²) in [7, 11) is 0. The van der Waals surface area contributed by atoms with Crippen molar-refractivity contribution >= 4 is 27.5 Å². The summed E-state index contributed by atoms with van der Waals surface area (Å²) in [6.07, 6.45) is 0. The van der Waals surface area contributed by atoms with Crippen molar-refractivity contribution in [2.75, 3.05) is 0 Å². The molecule has 0 amide bonds. The number of nitriles is 1. The zero-order valence-corrected chi connectivity index (χ0v) is 16.2. The first-order chi connectivity index (χ1) is 14.0. The Morgan fingerprint density at radius 3 is 2.62 bits per heavy atom. The Bertz CT molecular complexity index is 1340. The number of nitrogens with zero attached hydrogens (tertiary/aromatic N) is 3. The largest absolute Gasteiger partial charge is 0.478 e. The van der Waals surface area contributed by atoms with Gasteiger partial charge in [0, 0.05) is 10.9 Å². The van der Waals surface area contributed by atoms with Gasteiger partial charge in [0.05, 0.1) is 29.1 Å². The SMILES string of the molecule is Cc1ccc(-c2nc3scc(C(=O)O)c3c(=O)n2Cc2ccccc2C#N)cc1. The van der Waals surface area contributed by atoms with Crippen LogP contribution < -0.4 is 5.56 Å². The summed E-state index contributed by atoms with van der Waals surface area (Å²) < 4.78 is 1.45. The van der Waals surface area contributed by atoms with Gasteiger partial charge in [-0.15, -0.1) is 11.3 Å². The van der Waals surface area contributed by atoms with E-state index in [-0.39, 0.29) is 17.5 Å². The first-order valence-corrected chi connectivity index (χ1v) is 9.68. The second-order valence-corrected chi connectivity index (χ2v) is 7.45. The molecule has 142 valence electrons. The third kappa shape index (κ3) is 3.30. The molecule has 0 bridgehead atoms. The number of rotatable bonds is 4. The molecule has 0 saturated carbocycles. The predicted octanol–water partition coefficient (Wildman–Crippen LogP) is 4.05. The lowest BCUT2D eigenvalue weighted by atomic mass is 10.1. The molecule has 6 nitrogen and oxygen atoms in total. The lowest BCUT2D eigenvalue weighted by Gasteiger charge is -2.14. The Labute approximate surface area is 169 Å². The van der Waals surface area contributed by atoms with E-state index >= 15 is 0 Å². The molecule has 0 fully saturated rings. The molecule has 0 unspecified atom stereocenters. The molecular formula is C22H15N3O3S. The zero-order valence-electron chi connectivity index (χ0n) is 15.4. The number of carboxylic acid groups (broad SMARTS) is 1. The third-order valence-corrected chi connectivity index (χ3v) is 5.57. The summed E-state index contributed by atoms with van der Waals surface area (Å²) in [5.74, 6) is -0.726. The van der Waals surface area contributed by atoms with E-state index < -0.39 is 11.5 Å². The first kappa shape index (κ1) is 18.6. The summed E-state index contributed by atoms with van der Waals surface area (Å²) in [5, 5.41) is 20.4. The number of hydrogen-bond acceptors (Lipinski definition) is 5. The maximum atomic E-state index is 13.4. The van der Waals surface area contributed by atoms with E-state index in [0.29, 0.717) is 21.8 Å². The van der Waals surface area contributed by atoms with E-state index in [1.807, 2.05) is 31.2 Å². The van der Waals surface area contributed by atoms with Crippen molar-refractivity contribution in [1.82, 2.24) is 9.55 Å². The molecule has 1 N–H and O–H groups in total. The highest BCUT2D eigenvalue weighted by Crippen LogP contribution is 2.26. The molecule has 4 aromatic rings. The summed E-state index contributed by atoms with van der Waals surface area (Å²) >= 11 is 1.13. The fourth-order valence-corrected chi connectivity index (χ4v) is 4.09. The molecule has 2 heterocycles. The van der Waals surface area contributed by atoms with Crippen LogP contribution in [0.15, 0.2) is 58.7 Å². The Morgan fingerprint density at radius 2 is 1.93 bits per heavy atom. The lowest BCUT2D eigenvalue weighted by molar-refractivity contribution is 0.0699. The Morgan fingerprint density at radius 1 is 1.21 bits per heavy atom. The maximum absolute atomic E-state index is 13.4. The minimum Gasteiger partial charge on any atom is -0.478 e. The van der Waals surface area contributed by atoms with Crippen molar-refractivity contribution in [3.05, 3.63) is 86.5 Å². The Kier molecular flexibility index (Phi) is 4.71. The molecule has 7 heteroatoms. The van der Waals surface area contributed by atoms with Crippen LogP contribution in [0.2, 0.25) is 0 Å². The quantitative estimate of drug-likeness (QED) is 0.556. The summed E-state index contributed by atoms with van der Waals surface area (Å²) in [6.45, 7) is 2.08. The molecule has 0 radical (unpaired) electrons. The van der Waals surface area contributed by atoms with E-state index in [0.717, 1.165) is 22.5 Å². The zero-order chi connectivity index (χ0) is 20.5. The number of aromatic carboxylic acids is 1. The van der Waals surface area contributed by atoms with Gasteiger partial charge in [-0.3, -0.25) is 9.36 Å². The standard InChI is InChI=1S/C22H15N3O3S/c1-13-6-8-14(9-7-13)19-24-20-18(17(12-29-20)22(27)28)21(26)25(19)11-16-5-3-2-4-15(16)10-23/h2-9,12H,11H2,1H3,(H,27,28). The van der Waals surface area contributed by atoms with Crippen LogP contribution in [0.1, 0.15) is 27.0 Å². The van der Waals surface area contributed by atoms with Gasteiger partial charge in [-0.1, -0.05) is 48.0 Å². The van der Waals surface area contributed by atoms with Gasteiger partial charge in [0.2, 0.25) is 0 Å². The Hall–Kier alpha value is -3.76. The van der Waals surface area contributed by atoms with E-state index in [4.69, 9.17) is 0 Å². The molecule has 0 aliphatic rings. The maximum Gasteiger partial charge on any atom is 0.337 e. The van der Waals surface area contributed by atoms with Gasteiger partial charge in [0.25, 0.3) is 5.56 Å². The van der Waals surface area contributed by atoms with Crippen LogP contribution in [0.3, 0.4) is 0 Å². The second kappa shape index (κ2) is 7.34. The van der Waals surface area contributed by atoms with Gasteiger partial charge >= 0.3 is 5.97 Å². The van der Waals surface area contributed by atoms with Gasteiger partial charge in [-0.25, -0.2) is 9.78 Å². The number of aryl methyl sites for hydroxylation is 1. The van der Waals surface area contributed by atoms with Crippen molar-refractivity contribution < 1.29 is 9.90 Å². The highest BCUT2D eigenvalue weighted by Gasteiger charge is 2.21. The third-order valence-electron chi connectivity index (χ3n) is 4.70. The van der Waals surface area contributed by atoms with E-state index in [1.165, 1.54) is 9.95 Å². The molecule has 0 aliphatic heterocycles. The van der Waals surface area contributed by atoms with Crippen LogP contribution in [0.4, 0.5) is 0 Å². The van der Waals surface area contributed by atoms with Crippen LogP contribution in [-0.2, 0) is 6.54 Å². The second-order valence-electron chi connectivity index (χ2n) is 6.60. The lowest BCUT2D eigenvalue weighted by Crippen LogP contribution is -2.25. The molecule has 4 rings (SSSR count). The normalized spacial score (nSPS) is 10.8. The number of carbonyl (C=O) groups is 1. The van der Waals surface area contributed by atoms with Gasteiger partial charge in [-0.05, 0) is 18.6 Å². The number of aromatic nitrogens is 2. The van der Waals surface area contributed by atoms with Gasteiger partial charge in [0.1, 0.15) is 10.7 Å². The van der Waals surface area contributed by atoms with Crippen molar-refractivity contribution in [3.63, 3.8) is 0 Å². The monoisotopic (exact) mass is 401 g/mol. The molecular weight excluding hydrogens is 386 g/mol. The Balaban J connectivity index is 2.02. The van der Waals surface area contributed by atoms with Gasteiger partial charge in [0.15, 0.2) is 0 Å². The highest BCUT2D eigenvalue weighted by molar-refractivity contribution is 7.17. The molecule has 0 atom stereocenters. The van der Waals surface area contributed by atoms with Crippen molar-refractivity contribution in [2.45, 2.75) is 13.5 Å². The van der Waals surface area contributed by atoms with Gasteiger partial charge < -0.3 is 5.11 Å². The number of hydrogen-bond donors (Lipinski definition) is 1. The highest BCUT2D eigenvalue weighted by atomic mass is 32.1. The first-order valence-electron chi connectivity index (χ1n) is 8.80. The van der Waals surface area contributed by atoms with Gasteiger partial charge in [-0.2, -0.15) is 5.26 Å². The summed E-state index contributed by atoms with van der Waals surface area (Å²) in [6, 6.07) is 16.8. The summed E-state index contributed by atoms with van der Waals surface area (Å²) in [5.41, 5.74) is 2.45. The topological polar surface area (TPSA) is 96.0 Å². The predicted molar refractivity (Wildman–Crippen MR) is 111 cm³/mol. The minimum atomic E-state index is -1.16. The smallest absolute Gasteiger partial charge is 0.337 e. The number of thiophene rings is 1. The molecule has 2 aromatic carbocycles. The van der Waals surface area contributed by atoms with E-state index in [2.05, 4.69) is 11.1 Å². The minimum absolute atomic E-state index is 0.0553. The molecule has 0 spiro atoms. The van der Waals surface area contributed by atoms with Crippen LogP contribution in [0, 0.1) is 18.3 Å². The number of fused-ring (bicyclic) bond motifs is 1. The average molecular weight is 401 g/mol. The molecule has 29 heavy (non-hydrogen) atoms. The summed E-state index contributed by atoms with van der Waals surface area (Å²) in [4.78, 5) is 29.9. The van der Waals surface area contributed by atoms with Crippen molar-refractivity contribution in [3.8, 4) is 17.5 Å². The number of carboxylic acids is 1. The fourth-order valence-electron chi connectivity index (χ4n) is 3.19. The van der Waals surface area contributed by atoms with Crippen LogP contribution in [-0.4, -0.2) is 20.6 Å². The molecule has 0 saturated heterocycles. The van der Waals surface area contributed by atoms with E-state index in [9.17, 15) is 20.0 Å². The number of benzene rings is 2. The average Bonchev–Trinajstić information content (AvgIpc) is 3.15. The van der Waals surface area contributed by atoms with Crippen LogP contribution in [0.5, 0.6) is 0 Å². The van der Waals surface area contributed by atoms with Crippen molar-refractivity contribution in [2.24, 2.45) is 0 Å². The molecule has 2 aromatic heterocycles. The molecule has 0 aliphatic carbocycles. The fraction of sp³-hybridized carbons (Fsp3) is 0.0909. The van der Waals surface area contributed by atoms with Crippen LogP contribution in [0.25, 0.3) is 21.6 Å². The van der Waals surface area contributed by atoms with Crippen molar-refractivity contribution in [1.29, 1.82) is 5.26 Å². The van der Waals surface area contributed by atoms with E-state index in [1.54, 1.807) is 24.3 Å². The van der Waals surface area contributed by atoms with Crippen LogP contribution >= 0.6 is 11.3 Å².